The molecule has 2 aromatic rings. The Balaban J connectivity index is 1.76. The minimum atomic E-state index is -0.146. The summed E-state index contributed by atoms with van der Waals surface area (Å²) in [5.74, 6) is 0.368. The Morgan fingerprint density at radius 2 is 2.07 bits per heavy atom. The molecule has 0 radical (unpaired) electrons. The van der Waals surface area contributed by atoms with E-state index in [1.54, 1.807) is 16.2 Å². The van der Waals surface area contributed by atoms with Crippen LogP contribution in [0.2, 0.25) is 5.28 Å². The summed E-state index contributed by atoms with van der Waals surface area (Å²) >= 11 is 6.20. The first kappa shape index (κ1) is 18.7. The molecule has 2 fully saturated rings. The van der Waals surface area contributed by atoms with Gasteiger partial charge in [-0.3, -0.25) is 14.0 Å². The lowest BCUT2D eigenvalue weighted by atomic mass is 10.1. The van der Waals surface area contributed by atoms with Gasteiger partial charge in [-0.1, -0.05) is 0 Å². The number of nitrogens with zero attached hydrogens (tertiary/aromatic N) is 5. The average molecular weight is 396 g/mol. The van der Waals surface area contributed by atoms with Crippen molar-refractivity contribution >= 4 is 22.8 Å². The number of aromatic nitrogens is 4. The van der Waals surface area contributed by atoms with Gasteiger partial charge in [0.25, 0.3) is 0 Å². The number of aryl methyl sites for hydroxylation is 1. The molecule has 0 unspecified atom stereocenters. The third kappa shape index (κ3) is 3.34. The highest BCUT2D eigenvalue weighted by Gasteiger charge is 2.30. The molecule has 0 aliphatic carbocycles. The third-order valence-corrected chi connectivity index (χ3v) is 5.95. The van der Waals surface area contributed by atoms with Gasteiger partial charge in [-0.05, 0) is 57.8 Å². The second-order valence-electron chi connectivity index (χ2n) is 7.57. The van der Waals surface area contributed by atoms with E-state index in [-0.39, 0.29) is 23.1 Å². The van der Waals surface area contributed by atoms with Crippen LogP contribution in [-0.2, 0) is 11.8 Å². The molecule has 4 heterocycles. The van der Waals surface area contributed by atoms with Crippen molar-refractivity contribution in [2.24, 2.45) is 7.05 Å². The fourth-order valence-electron chi connectivity index (χ4n) is 4.33. The Labute approximate surface area is 163 Å². The lowest BCUT2D eigenvalue weighted by Crippen LogP contribution is -2.38. The van der Waals surface area contributed by atoms with E-state index in [4.69, 9.17) is 21.1 Å². The number of likely N-dealkylation sites (tertiary alicyclic amines) is 1. The lowest BCUT2D eigenvalue weighted by Gasteiger charge is -2.26. The molecule has 2 aliphatic rings. The van der Waals surface area contributed by atoms with Gasteiger partial charge in [0, 0.05) is 19.7 Å². The fourth-order valence-corrected chi connectivity index (χ4v) is 4.49. The quantitative estimate of drug-likeness (QED) is 0.737. The van der Waals surface area contributed by atoms with Crippen molar-refractivity contribution < 1.29 is 9.47 Å². The Bertz CT molecular complexity index is 889. The highest BCUT2D eigenvalue weighted by Crippen LogP contribution is 2.30. The maximum absolute atomic E-state index is 12.9. The molecule has 8 nitrogen and oxygen atoms in total. The zero-order valence-electron chi connectivity index (χ0n) is 16.0. The van der Waals surface area contributed by atoms with Gasteiger partial charge in [-0.15, -0.1) is 0 Å². The molecule has 2 aromatic heterocycles. The highest BCUT2D eigenvalue weighted by molar-refractivity contribution is 6.28. The van der Waals surface area contributed by atoms with E-state index in [0.29, 0.717) is 29.7 Å². The normalized spacial score (nSPS) is 25.2. The third-order valence-electron chi connectivity index (χ3n) is 5.78. The summed E-state index contributed by atoms with van der Waals surface area (Å²) in [5, 5.41) is 0.0838. The number of halogens is 1. The Hall–Kier alpha value is -1.64. The zero-order valence-corrected chi connectivity index (χ0v) is 16.8. The SMILES string of the molecule is C[C@H](Oc1nc(Cl)nc2c1n(C)c(=O)n2[C@H]1CCCOC1)[C@@H]1CCCN1C. The smallest absolute Gasteiger partial charge is 0.330 e. The van der Waals surface area contributed by atoms with Crippen molar-refractivity contribution in [1.29, 1.82) is 0 Å². The minimum absolute atomic E-state index is 0.0489. The first-order chi connectivity index (χ1) is 13.0. The van der Waals surface area contributed by atoms with Crippen LogP contribution in [0.1, 0.15) is 38.6 Å². The van der Waals surface area contributed by atoms with Crippen LogP contribution in [0.15, 0.2) is 4.79 Å². The molecule has 0 amide bonds. The molecule has 4 rings (SSSR count). The van der Waals surface area contributed by atoms with Crippen LogP contribution < -0.4 is 10.4 Å². The monoisotopic (exact) mass is 395 g/mol. The number of likely N-dealkylation sites (N-methyl/N-ethyl adjacent to an activating group) is 1. The van der Waals surface area contributed by atoms with Crippen LogP contribution >= 0.6 is 11.6 Å². The van der Waals surface area contributed by atoms with Crippen molar-refractivity contribution in [2.45, 2.75) is 50.8 Å². The van der Waals surface area contributed by atoms with Crippen LogP contribution in [0.25, 0.3) is 11.2 Å². The van der Waals surface area contributed by atoms with Crippen molar-refractivity contribution in [3.8, 4) is 5.88 Å². The summed E-state index contributed by atoms with van der Waals surface area (Å²) in [6.07, 6.45) is 3.97. The predicted molar refractivity (Wildman–Crippen MR) is 103 cm³/mol. The molecule has 0 bridgehead atoms. The Morgan fingerprint density at radius 1 is 1.26 bits per heavy atom. The fraction of sp³-hybridized carbons (Fsp3) is 0.722. The minimum Gasteiger partial charge on any atom is -0.471 e. The van der Waals surface area contributed by atoms with Crippen LogP contribution in [-0.4, -0.2) is 63.0 Å². The van der Waals surface area contributed by atoms with Gasteiger partial charge in [0.05, 0.1) is 12.6 Å². The average Bonchev–Trinajstić information content (AvgIpc) is 3.17. The van der Waals surface area contributed by atoms with E-state index >= 15 is 0 Å². The molecule has 148 valence electrons. The first-order valence-electron chi connectivity index (χ1n) is 9.56. The summed E-state index contributed by atoms with van der Waals surface area (Å²) in [6.45, 7) is 4.33. The van der Waals surface area contributed by atoms with Crippen LogP contribution in [0, 0.1) is 0 Å². The molecule has 27 heavy (non-hydrogen) atoms. The largest absolute Gasteiger partial charge is 0.471 e. The molecule has 0 N–H and O–H groups in total. The second-order valence-corrected chi connectivity index (χ2v) is 7.90. The number of fused-ring (bicyclic) bond motifs is 1. The standard InChI is InChI=1S/C18H26ClN5O3/c1-11(13-7-4-8-22(13)2)27-16-14-15(20-17(19)21-16)24(18(25)23(14)3)12-6-5-9-26-10-12/h11-13H,4-10H2,1-3H3/t11-,12-,13-/m0/s1. The summed E-state index contributed by atoms with van der Waals surface area (Å²) in [7, 11) is 3.83. The number of hydrogen-bond acceptors (Lipinski definition) is 6. The van der Waals surface area contributed by atoms with E-state index in [1.807, 2.05) is 6.92 Å². The number of ether oxygens (including phenoxy) is 2. The molecule has 2 saturated heterocycles. The van der Waals surface area contributed by atoms with Gasteiger partial charge in [0.1, 0.15) is 6.10 Å². The van der Waals surface area contributed by atoms with Gasteiger partial charge in [-0.2, -0.15) is 9.97 Å². The molecule has 0 saturated carbocycles. The van der Waals surface area contributed by atoms with Crippen LogP contribution in [0.4, 0.5) is 0 Å². The summed E-state index contributed by atoms with van der Waals surface area (Å²) in [6, 6.07) is 0.270. The van der Waals surface area contributed by atoms with Crippen LogP contribution in [0.3, 0.4) is 0 Å². The van der Waals surface area contributed by atoms with Crippen molar-refractivity contribution in [3.05, 3.63) is 15.8 Å². The molecule has 0 aromatic carbocycles. The number of imidazole rings is 1. The van der Waals surface area contributed by atoms with E-state index in [1.165, 1.54) is 0 Å². The molecular formula is C18H26ClN5O3. The van der Waals surface area contributed by atoms with Crippen LogP contribution in [0.5, 0.6) is 5.88 Å². The maximum Gasteiger partial charge on any atom is 0.330 e. The maximum atomic E-state index is 12.9. The van der Waals surface area contributed by atoms with Gasteiger partial charge >= 0.3 is 5.69 Å². The predicted octanol–water partition coefficient (Wildman–Crippen LogP) is 2.00. The molecule has 2 aliphatic heterocycles. The molecule has 9 heteroatoms. The molecule has 3 atom stereocenters. The number of hydrogen-bond donors (Lipinski definition) is 0. The lowest BCUT2D eigenvalue weighted by molar-refractivity contribution is 0.0590. The topological polar surface area (TPSA) is 74.4 Å². The zero-order chi connectivity index (χ0) is 19.1. The second kappa shape index (κ2) is 7.41. The Kier molecular flexibility index (Phi) is 5.13. The van der Waals surface area contributed by atoms with E-state index in [0.717, 1.165) is 38.8 Å². The van der Waals surface area contributed by atoms with Gasteiger partial charge in [-0.25, -0.2) is 4.79 Å². The van der Waals surface area contributed by atoms with Gasteiger partial charge < -0.3 is 9.47 Å². The molecular weight excluding hydrogens is 370 g/mol. The van der Waals surface area contributed by atoms with Crippen molar-refractivity contribution in [1.82, 2.24) is 24.0 Å². The van der Waals surface area contributed by atoms with E-state index < -0.39 is 0 Å². The summed E-state index contributed by atoms with van der Waals surface area (Å²) in [5.41, 5.74) is 0.954. The molecule has 0 spiro atoms. The van der Waals surface area contributed by atoms with Gasteiger partial charge in [0.2, 0.25) is 11.2 Å². The van der Waals surface area contributed by atoms with E-state index in [2.05, 4.69) is 21.9 Å². The Morgan fingerprint density at radius 3 is 2.74 bits per heavy atom. The van der Waals surface area contributed by atoms with Crippen molar-refractivity contribution in [2.75, 3.05) is 26.8 Å². The summed E-state index contributed by atoms with van der Waals surface area (Å²) < 4.78 is 15.0. The highest BCUT2D eigenvalue weighted by atomic mass is 35.5. The summed E-state index contributed by atoms with van der Waals surface area (Å²) in [4.78, 5) is 23.9. The number of rotatable bonds is 4. The van der Waals surface area contributed by atoms with Gasteiger partial charge in [0.15, 0.2) is 11.2 Å². The first-order valence-corrected chi connectivity index (χ1v) is 9.94. The van der Waals surface area contributed by atoms with E-state index in [9.17, 15) is 4.79 Å². The van der Waals surface area contributed by atoms with Crippen molar-refractivity contribution in [3.63, 3.8) is 0 Å².